The summed E-state index contributed by atoms with van der Waals surface area (Å²) < 4.78 is 0. The van der Waals surface area contributed by atoms with Crippen LogP contribution in [0, 0.1) is 5.92 Å². The number of hydrogen-bond donors (Lipinski definition) is 5. The first-order valence-corrected chi connectivity index (χ1v) is 7.25. The molecule has 8 nitrogen and oxygen atoms in total. The van der Waals surface area contributed by atoms with E-state index in [-0.39, 0.29) is 42.7 Å². The van der Waals surface area contributed by atoms with Gasteiger partial charge in [0.2, 0.25) is 11.8 Å². The normalized spacial score (nSPS) is 11.0. The Balaban J connectivity index is 0.00000529. The fourth-order valence-electron chi connectivity index (χ4n) is 1.66. The second kappa shape index (κ2) is 10.5. The van der Waals surface area contributed by atoms with Crippen LogP contribution in [-0.4, -0.2) is 37.5 Å². The zero-order valence-electron chi connectivity index (χ0n) is 13.9. The molecule has 0 aliphatic rings. The lowest BCUT2D eigenvalue weighted by Gasteiger charge is -2.15. The minimum atomic E-state index is -0.650. The second-order valence-electron chi connectivity index (χ2n) is 5.32. The molecule has 6 N–H and O–H groups in total. The van der Waals surface area contributed by atoms with E-state index < -0.39 is 6.04 Å². The largest absolute Gasteiger partial charge is 0.346 e. The molecule has 0 radical (unpaired) electrons. The van der Waals surface area contributed by atoms with E-state index in [4.69, 9.17) is 5.73 Å². The lowest BCUT2D eigenvalue weighted by molar-refractivity contribution is -0.125. The first-order valence-electron chi connectivity index (χ1n) is 7.25. The van der Waals surface area contributed by atoms with Crippen LogP contribution < -0.4 is 27.0 Å². The first-order chi connectivity index (χ1) is 10.8. The highest BCUT2D eigenvalue weighted by atomic mass is 35.5. The van der Waals surface area contributed by atoms with Crippen molar-refractivity contribution in [2.75, 3.05) is 24.2 Å². The van der Waals surface area contributed by atoms with E-state index in [9.17, 15) is 14.4 Å². The first kappa shape index (κ1) is 21.7. The minimum absolute atomic E-state index is 0. The highest BCUT2D eigenvalue weighted by Crippen LogP contribution is 2.14. The van der Waals surface area contributed by atoms with E-state index >= 15 is 0 Å². The van der Waals surface area contributed by atoms with Gasteiger partial charge >= 0.3 is 6.03 Å². The average Bonchev–Trinajstić information content (AvgIpc) is 2.51. The summed E-state index contributed by atoms with van der Waals surface area (Å²) in [6, 6.07) is 5.65. The van der Waals surface area contributed by atoms with Gasteiger partial charge in [0.15, 0.2) is 0 Å². The molecule has 1 aromatic rings. The van der Waals surface area contributed by atoms with Crippen molar-refractivity contribution >= 4 is 41.6 Å². The zero-order chi connectivity index (χ0) is 17.4. The van der Waals surface area contributed by atoms with Crippen molar-refractivity contribution in [3.63, 3.8) is 0 Å². The summed E-state index contributed by atoms with van der Waals surface area (Å²) in [5.74, 6) is -0.762. The molecule has 0 heterocycles. The van der Waals surface area contributed by atoms with Gasteiger partial charge in [-0.3, -0.25) is 9.59 Å². The summed E-state index contributed by atoms with van der Waals surface area (Å²) in [6.45, 7) is 3.48. The maximum Gasteiger partial charge on any atom is 0.318 e. The number of amides is 4. The van der Waals surface area contributed by atoms with E-state index in [2.05, 4.69) is 21.3 Å². The third-order valence-electron chi connectivity index (χ3n) is 3.08. The Morgan fingerprint density at radius 3 is 2.25 bits per heavy atom. The minimum Gasteiger partial charge on any atom is -0.346 e. The number of carbonyl (C=O) groups excluding carboxylic acids is 3. The van der Waals surface area contributed by atoms with Gasteiger partial charge in [-0.1, -0.05) is 19.9 Å². The molecule has 4 amide bonds. The number of urea groups is 1. The van der Waals surface area contributed by atoms with Crippen molar-refractivity contribution in [1.82, 2.24) is 10.6 Å². The molecule has 0 saturated heterocycles. The quantitative estimate of drug-likeness (QED) is 0.518. The molecule has 0 saturated carbocycles. The number of nitrogens with one attached hydrogen (secondary N) is 4. The molecule has 1 aromatic carbocycles. The Labute approximate surface area is 147 Å². The SMILES string of the molecule is CNC(=O)Nc1cccc(NC(=O)CNC(=O)[C@@H](N)C(C)C)c1.Cl. The lowest BCUT2D eigenvalue weighted by Crippen LogP contribution is -2.46. The predicted molar refractivity (Wildman–Crippen MR) is 96.2 cm³/mol. The predicted octanol–water partition coefficient (Wildman–Crippen LogP) is 0.898. The Kier molecular flexibility index (Phi) is 9.44. The fourth-order valence-corrected chi connectivity index (χ4v) is 1.66. The van der Waals surface area contributed by atoms with E-state index in [1.54, 1.807) is 24.3 Å². The zero-order valence-corrected chi connectivity index (χ0v) is 14.7. The van der Waals surface area contributed by atoms with Crippen LogP contribution in [-0.2, 0) is 9.59 Å². The fraction of sp³-hybridized carbons (Fsp3) is 0.400. The molecule has 0 spiro atoms. The Hall–Kier alpha value is -2.32. The number of hydrogen-bond acceptors (Lipinski definition) is 4. The van der Waals surface area contributed by atoms with Crippen molar-refractivity contribution in [2.24, 2.45) is 11.7 Å². The monoisotopic (exact) mass is 357 g/mol. The number of anilines is 2. The summed E-state index contributed by atoms with van der Waals surface area (Å²) in [5.41, 5.74) is 6.73. The molecule has 0 aromatic heterocycles. The van der Waals surface area contributed by atoms with Crippen LogP contribution in [0.3, 0.4) is 0 Å². The summed E-state index contributed by atoms with van der Waals surface area (Å²) >= 11 is 0. The number of benzene rings is 1. The maximum atomic E-state index is 11.8. The molecule has 1 atom stereocenters. The van der Waals surface area contributed by atoms with Crippen molar-refractivity contribution in [3.8, 4) is 0 Å². The molecule has 0 aliphatic heterocycles. The van der Waals surface area contributed by atoms with Crippen LogP contribution in [0.25, 0.3) is 0 Å². The highest BCUT2D eigenvalue weighted by molar-refractivity contribution is 5.96. The van der Waals surface area contributed by atoms with Crippen LogP contribution in [0.1, 0.15) is 13.8 Å². The van der Waals surface area contributed by atoms with Crippen molar-refractivity contribution in [3.05, 3.63) is 24.3 Å². The van der Waals surface area contributed by atoms with Crippen molar-refractivity contribution < 1.29 is 14.4 Å². The summed E-state index contributed by atoms with van der Waals surface area (Å²) in [4.78, 5) is 34.8. The number of rotatable bonds is 6. The van der Waals surface area contributed by atoms with E-state index in [1.165, 1.54) is 7.05 Å². The van der Waals surface area contributed by atoms with E-state index in [0.717, 1.165) is 0 Å². The molecule has 0 bridgehead atoms. The molecular weight excluding hydrogens is 334 g/mol. The molecule has 9 heteroatoms. The smallest absolute Gasteiger partial charge is 0.318 e. The molecule has 0 aliphatic carbocycles. The van der Waals surface area contributed by atoms with Crippen LogP contribution in [0.2, 0.25) is 0 Å². The number of halogens is 1. The van der Waals surface area contributed by atoms with Crippen LogP contribution in [0.5, 0.6) is 0 Å². The molecule has 1 rings (SSSR count). The van der Waals surface area contributed by atoms with Crippen molar-refractivity contribution in [1.29, 1.82) is 0 Å². The summed E-state index contributed by atoms with van der Waals surface area (Å²) in [5, 5.41) is 10.1. The highest BCUT2D eigenvalue weighted by Gasteiger charge is 2.17. The standard InChI is InChI=1S/C15H23N5O3.ClH/c1-9(2)13(16)14(22)18-8-12(21)19-10-5-4-6-11(7-10)20-15(23)17-3;/h4-7,9,13H,8,16H2,1-3H3,(H,18,22)(H,19,21)(H2,17,20,23);1H/t13-;/m0./s1. The molecule has 0 unspecified atom stereocenters. The van der Waals surface area contributed by atoms with Gasteiger partial charge in [-0.05, 0) is 24.1 Å². The Morgan fingerprint density at radius 2 is 1.71 bits per heavy atom. The van der Waals surface area contributed by atoms with E-state index in [1.807, 2.05) is 13.8 Å². The van der Waals surface area contributed by atoms with Crippen LogP contribution >= 0.6 is 12.4 Å². The third kappa shape index (κ3) is 7.30. The van der Waals surface area contributed by atoms with Gasteiger partial charge in [0, 0.05) is 18.4 Å². The summed E-state index contributed by atoms with van der Waals surface area (Å²) in [6.07, 6.45) is 0. The van der Waals surface area contributed by atoms with Crippen LogP contribution in [0.4, 0.5) is 16.2 Å². The maximum absolute atomic E-state index is 11.8. The van der Waals surface area contributed by atoms with Crippen LogP contribution in [0.15, 0.2) is 24.3 Å². The van der Waals surface area contributed by atoms with Gasteiger partial charge in [-0.25, -0.2) is 4.79 Å². The van der Waals surface area contributed by atoms with Gasteiger partial charge in [0.25, 0.3) is 0 Å². The molecule has 134 valence electrons. The van der Waals surface area contributed by atoms with Gasteiger partial charge < -0.3 is 27.0 Å². The lowest BCUT2D eigenvalue weighted by atomic mass is 10.1. The summed E-state index contributed by atoms with van der Waals surface area (Å²) in [7, 11) is 1.51. The van der Waals surface area contributed by atoms with Gasteiger partial charge in [0.05, 0.1) is 12.6 Å². The van der Waals surface area contributed by atoms with Gasteiger partial charge in [-0.15, -0.1) is 12.4 Å². The molecule has 0 fully saturated rings. The molecule has 24 heavy (non-hydrogen) atoms. The third-order valence-corrected chi connectivity index (χ3v) is 3.08. The van der Waals surface area contributed by atoms with E-state index in [0.29, 0.717) is 11.4 Å². The number of carbonyl (C=O) groups is 3. The molecular formula is C15H24ClN5O3. The average molecular weight is 358 g/mol. The van der Waals surface area contributed by atoms with Crippen molar-refractivity contribution in [2.45, 2.75) is 19.9 Å². The number of nitrogens with two attached hydrogens (primary N) is 1. The van der Waals surface area contributed by atoms with Gasteiger partial charge in [-0.2, -0.15) is 0 Å². The topological polar surface area (TPSA) is 125 Å². The Morgan fingerprint density at radius 1 is 1.12 bits per heavy atom. The Bertz CT molecular complexity index is 580. The second-order valence-corrected chi connectivity index (χ2v) is 5.32. The van der Waals surface area contributed by atoms with Gasteiger partial charge in [0.1, 0.15) is 0 Å².